The minimum absolute atomic E-state index is 0.0860. The lowest BCUT2D eigenvalue weighted by Crippen LogP contribution is -2.56. The van der Waals surface area contributed by atoms with Crippen LogP contribution < -0.4 is 4.74 Å². The number of carbonyl (C=O) groups is 2. The molecule has 1 aromatic carbocycles. The van der Waals surface area contributed by atoms with Crippen molar-refractivity contribution in [1.29, 1.82) is 0 Å². The number of benzene rings is 1. The maximum Gasteiger partial charge on any atom is 0.272 e. The first-order valence-corrected chi connectivity index (χ1v) is 12.1. The molecule has 0 N–H and O–H groups in total. The minimum atomic E-state index is -0.0860. The van der Waals surface area contributed by atoms with Crippen LogP contribution in [0.25, 0.3) is 10.9 Å². The van der Waals surface area contributed by atoms with Crippen LogP contribution in [0.4, 0.5) is 0 Å². The van der Waals surface area contributed by atoms with Gasteiger partial charge in [-0.2, -0.15) is 0 Å². The van der Waals surface area contributed by atoms with Crippen molar-refractivity contribution in [2.45, 2.75) is 25.3 Å². The van der Waals surface area contributed by atoms with E-state index >= 15 is 0 Å². The molecular formula is C25H33N5O3. The number of rotatable bonds is 5. The fourth-order valence-electron chi connectivity index (χ4n) is 5.07. The molecule has 176 valence electrons. The summed E-state index contributed by atoms with van der Waals surface area (Å²) in [5, 5.41) is 0.897. The van der Waals surface area contributed by atoms with Crippen LogP contribution in [-0.4, -0.2) is 108 Å². The van der Waals surface area contributed by atoms with Gasteiger partial charge < -0.3 is 14.5 Å². The van der Waals surface area contributed by atoms with Gasteiger partial charge in [0.15, 0.2) is 0 Å². The third kappa shape index (κ3) is 4.68. The van der Waals surface area contributed by atoms with E-state index in [2.05, 4.69) is 14.8 Å². The Morgan fingerprint density at radius 1 is 0.970 bits per heavy atom. The fraction of sp³-hybridized carbons (Fsp3) is 0.560. The number of carbonyl (C=O) groups excluding carboxylic acids is 2. The van der Waals surface area contributed by atoms with Crippen LogP contribution in [0.15, 0.2) is 30.3 Å². The van der Waals surface area contributed by atoms with Crippen molar-refractivity contribution in [3.63, 3.8) is 0 Å². The van der Waals surface area contributed by atoms with Crippen LogP contribution in [0.5, 0.6) is 5.75 Å². The van der Waals surface area contributed by atoms with Crippen molar-refractivity contribution in [2.24, 2.45) is 0 Å². The molecule has 8 nitrogen and oxygen atoms in total. The van der Waals surface area contributed by atoms with Gasteiger partial charge in [0.2, 0.25) is 5.91 Å². The number of amides is 2. The average Bonchev–Trinajstić information content (AvgIpc) is 2.82. The number of para-hydroxylation sites is 1. The van der Waals surface area contributed by atoms with E-state index in [4.69, 9.17) is 4.74 Å². The molecule has 3 aliphatic rings. The van der Waals surface area contributed by atoms with E-state index in [1.165, 1.54) is 19.3 Å². The van der Waals surface area contributed by atoms with Gasteiger partial charge in [0.05, 0.1) is 19.2 Å². The second kappa shape index (κ2) is 9.65. The monoisotopic (exact) mass is 451 g/mol. The number of hydrogen-bond acceptors (Lipinski definition) is 6. The molecule has 1 aliphatic carbocycles. The van der Waals surface area contributed by atoms with Crippen molar-refractivity contribution in [1.82, 2.24) is 24.6 Å². The Balaban J connectivity index is 1.13. The van der Waals surface area contributed by atoms with Crippen molar-refractivity contribution in [3.05, 3.63) is 36.0 Å². The lowest BCUT2D eigenvalue weighted by molar-refractivity contribution is -0.135. The molecule has 33 heavy (non-hydrogen) atoms. The summed E-state index contributed by atoms with van der Waals surface area (Å²) >= 11 is 0. The topological polar surface area (TPSA) is 69.2 Å². The number of piperazine rings is 2. The van der Waals surface area contributed by atoms with Gasteiger partial charge in [-0.1, -0.05) is 18.6 Å². The highest BCUT2D eigenvalue weighted by Crippen LogP contribution is 2.26. The second-order valence-corrected chi connectivity index (χ2v) is 9.30. The molecular weight excluding hydrogens is 418 g/mol. The summed E-state index contributed by atoms with van der Waals surface area (Å²) in [6.45, 7) is 6.70. The first kappa shape index (κ1) is 22.1. The lowest BCUT2D eigenvalue weighted by Gasteiger charge is -2.43. The van der Waals surface area contributed by atoms with E-state index in [1.54, 1.807) is 13.2 Å². The van der Waals surface area contributed by atoms with Gasteiger partial charge in [0, 0.05) is 69.9 Å². The Hall–Kier alpha value is -2.71. The Labute approximate surface area is 195 Å². The highest BCUT2D eigenvalue weighted by atomic mass is 16.5. The van der Waals surface area contributed by atoms with E-state index in [0.717, 1.165) is 43.1 Å². The number of nitrogens with zero attached hydrogens (tertiary/aromatic N) is 5. The van der Waals surface area contributed by atoms with Crippen LogP contribution in [-0.2, 0) is 4.79 Å². The molecule has 3 fully saturated rings. The van der Waals surface area contributed by atoms with E-state index in [0.29, 0.717) is 44.2 Å². The first-order valence-electron chi connectivity index (χ1n) is 12.1. The number of aromatic nitrogens is 1. The molecule has 0 unspecified atom stereocenters. The summed E-state index contributed by atoms with van der Waals surface area (Å²) in [7, 11) is 1.61. The van der Waals surface area contributed by atoms with Gasteiger partial charge in [0.25, 0.3) is 5.91 Å². The van der Waals surface area contributed by atoms with Crippen LogP contribution >= 0.6 is 0 Å². The van der Waals surface area contributed by atoms with Crippen LogP contribution in [0.3, 0.4) is 0 Å². The van der Waals surface area contributed by atoms with Crippen LogP contribution in [0.2, 0.25) is 0 Å². The quantitative estimate of drug-likeness (QED) is 0.689. The predicted octanol–water partition coefficient (Wildman–Crippen LogP) is 1.70. The van der Waals surface area contributed by atoms with Crippen molar-refractivity contribution in [2.75, 3.05) is 66.0 Å². The zero-order chi connectivity index (χ0) is 22.8. The maximum atomic E-state index is 13.1. The highest BCUT2D eigenvalue weighted by Gasteiger charge is 2.31. The average molecular weight is 452 g/mol. The summed E-state index contributed by atoms with van der Waals surface area (Å²) in [4.78, 5) is 39.1. The third-order valence-electron chi connectivity index (χ3n) is 7.39. The summed E-state index contributed by atoms with van der Waals surface area (Å²) < 4.78 is 5.49. The molecule has 0 spiro atoms. The van der Waals surface area contributed by atoms with Crippen LogP contribution in [0.1, 0.15) is 29.8 Å². The minimum Gasteiger partial charge on any atom is -0.496 e. The van der Waals surface area contributed by atoms with Gasteiger partial charge in [-0.3, -0.25) is 19.4 Å². The smallest absolute Gasteiger partial charge is 0.272 e. The molecule has 5 rings (SSSR count). The van der Waals surface area contributed by atoms with Gasteiger partial charge in [0.1, 0.15) is 11.4 Å². The van der Waals surface area contributed by atoms with Crippen molar-refractivity contribution >= 4 is 22.7 Å². The summed E-state index contributed by atoms with van der Waals surface area (Å²) in [5.74, 6) is 0.784. The van der Waals surface area contributed by atoms with Crippen LogP contribution in [0, 0.1) is 0 Å². The molecule has 1 saturated carbocycles. The van der Waals surface area contributed by atoms with Crippen molar-refractivity contribution < 1.29 is 14.3 Å². The SMILES string of the molecule is COc1cc(C(=O)N2CCN(CC(=O)N3CCN(C4CCC4)CC3)CC2)nc2ccccc12. The standard InChI is InChI=1S/C25H33N5O3/c1-33-23-17-22(26-21-8-3-2-7-20(21)23)25(32)30-11-9-27(10-12-30)18-24(31)29-15-13-28(14-16-29)19-5-4-6-19/h2-3,7-8,17,19H,4-6,9-16,18H2,1H3. The number of methoxy groups -OCH3 is 1. The van der Waals surface area contributed by atoms with E-state index in [9.17, 15) is 9.59 Å². The number of pyridine rings is 1. The first-order chi connectivity index (χ1) is 16.1. The lowest BCUT2D eigenvalue weighted by atomic mass is 9.91. The summed E-state index contributed by atoms with van der Waals surface area (Å²) in [6, 6.07) is 10.2. The highest BCUT2D eigenvalue weighted by molar-refractivity contribution is 5.97. The van der Waals surface area contributed by atoms with Crippen molar-refractivity contribution in [3.8, 4) is 5.75 Å². The van der Waals surface area contributed by atoms with E-state index < -0.39 is 0 Å². The number of ether oxygens (including phenoxy) is 1. The van der Waals surface area contributed by atoms with Gasteiger partial charge in [-0.05, 0) is 25.0 Å². The largest absolute Gasteiger partial charge is 0.496 e. The molecule has 0 atom stereocenters. The summed E-state index contributed by atoms with van der Waals surface area (Å²) in [6.07, 6.45) is 3.99. The van der Waals surface area contributed by atoms with E-state index in [1.807, 2.05) is 34.1 Å². The molecule has 8 heteroatoms. The molecule has 2 amide bonds. The maximum absolute atomic E-state index is 13.1. The van der Waals surface area contributed by atoms with Gasteiger partial charge >= 0.3 is 0 Å². The molecule has 2 aliphatic heterocycles. The second-order valence-electron chi connectivity index (χ2n) is 9.30. The Morgan fingerprint density at radius 2 is 1.67 bits per heavy atom. The molecule has 2 saturated heterocycles. The Morgan fingerprint density at radius 3 is 2.33 bits per heavy atom. The zero-order valence-electron chi connectivity index (χ0n) is 19.4. The Bertz CT molecular complexity index is 1010. The molecule has 3 heterocycles. The number of fused-ring (bicyclic) bond motifs is 1. The normalized spacial score (nSPS) is 20.6. The third-order valence-corrected chi connectivity index (χ3v) is 7.39. The summed E-state index contributed by atoms with van der Waals surface area (Å²) in [5.41, 5.74) is 1.15. The molecule has 2 aromatic rings. The zero-order valence-corrected chi connectivity index (χ0v) is 19.4. The number of hydrogen-bond donors (Lipinski definition) is 0. The van der Waals surface area contributed by atoms with E-state index in [-0.39, 0.29) is 11.8 Å². The molecule has 0 radical (unpaired) electrons. The fourth-order valence-corrected chi connectivity index (χ4v) is 5.07. The Kier molecular flexibility index (Phi) is 6.46. The molecule has 1 aromatic heterocycles. The predicted molar refractivity (Wildman–Crippen MR) is 126 cm³/mol. The van der Waals surface area contributed by atoms with Gasteiger partial charge in [-0.25, -0.2) is 4.98 Å². The van der Waals surface area contributed by atoms with Gasteiger partial charge in [-0.15, -0.1) is 0 Å². The molecule has 0 bridgehead atoms.